The molecule has 1 aliphatic heterocycles. The molecule has 0 radical (unpaired) electrons. The van der Waals surface area contributed by atoms with Crippen LogP contribution in [0.15, 0.2) is 88.8 Å². The molecule has 0 spiro atoms. The molecule has 4 aromatic rings. The minimum absolute atomic E-state index is 0.0624. The summed E-state index contributed by atoms with van der Waals surface area (Å²) in [7, 11) is 0. The van der Waals surface area contributed by atoms with E-state index in [1.807, 2.05) is 30.3 Å². The van der Waals surface area contributed by atoms with Crippen LogP contribution in [0.25, 0.3) is 5.76 Å². The summed E-state index contributed by atoms with van der Waals surface area (Å²) in [6, 6.07) is 17.8. The first-order valence-electron chi connectivity index (χ1n) is 11.4. The van der Waals surface area contributed by atoms with Crippen LogP contribution in [-0.4, -0.2) is 32.1 Å². The van der Waals surface area contributed by atoms with Crippen LogP contribution in [0.4, 0.5) is 18.3 Å². The quantitative estimate of drug-likeness (QED) is 0.0940. The lowest BCUT2D eigenvalue weighted by Crippen LogP contribution is -2.29. The van der Waals surface area contributed by atoms with Gasteiger partial charge in [-0.3, -0.25) is 14.5 Å². The predicted molar refractivity (Wildman–Crippen MR) is 140 cm³/mol. The van der Waals surface area contributed by atoms with Gasteiger partial charge in [-0.2, -0.15) is 13.2 Å². The van der Waals surface area contributed by atoms with Crippen molar-refractivity contribution in [3.05, 3.63) is 107 Å². The molecular formula is C27H18F3N3O4S2. The molecule has 5 rings (SSSR count). The fourth-order valence-electron chi connectivity index (χ4n) is 4.09. The van der Waals surface area contributed by atoms with Crippen LogP contribution < -0.4 is 4.90 Å². The van der Waals surface area contributed by atoms with E-state index in [0.717, 1.165) is 46.1 Å². The maximum atomic E-state index is 13.3. The monoisotopic (exact) mass is 569 g/mol. The number of ketones is 1. The molecule has 198 valence electrons. The summed E-state index contributed by atoms with van der Waals surface area (Å²) in [6.07, 6.45) is -4.59. The second-order valence-corrected chi connectivity index (χ2v) is 10.6. The SMILES string of the molecule is O=C1C(=O)N(c2nnc(SCc3ccccc3)s2)C(c2ccccc2O)/C1=C(\O)c1ccc(C(F)(F)F)cc1. The van der Waals surface area contributed by atoms with Crippen molar-refractivity contribution in [2.75, 3.05) is 4.90 Å². The number of alkyl halides is 3. The summed E-state index contributed by atoms with van der Waals surface area (Å²) < 4.78 is 39.6. The van der Waals surface area contributed by atoms with Crippen LogP contribution in [-0.2, 0) is 21.5 Å². The number of anilines is 1. The molecule has 1 fully saturated rings. The number of phenolic OH excluding ortho intramolecular Hbond substituents is 1. The highest BCUT2D eigenvalue weighted by Gasteiger charge is 2.49. The third kappa shape index (κ3) is 5.25. The highest BCUT2D eigenvalue weighted by atomic mass is 32.2. The number of carbonyl (C=O) groups is 2. The van der Waals surface area contributed by atoms with E-state index in [1.54, 1.807) is 12.1 Å². The van der Waals surface area contributed by atoms with Gasteiger partial charge < -0.3 is 10.2 Å². The number of hydrogen-bond acceptors (Lipinski definition) is 8. The largest absolute Gasteiger partial charge is 0.508 e. The minimum atomic E-state index is -4.59. The molecule has 0 aliphatic carbocycles. The number of amides is 1. The second-order valence-electron chi connectivity index (χ2n) is 8.43. The molecule has 2 N–H and O–H groups in total. The molecule has 39 heavy (non-hydrogen) atoms. The Labute approximate surface area is 228 Å². The number of para-hydroxylation sites is 1. The van der Waals surface area contributed by atoms with Crippen LogP contribution in [0.3, 0.4) is 0 Å². The zero-order chi connectivity index (χ0) is 27.7. The second kappa shape index (κ2) is 10.5. The predicted octanol–water partition coefficient (Wildman–Crippen LogP) is 6.18. The molecular weight excluding hydrogens is 551 g/mol. The molecule has 1 unspecified atom stereocenters. The summed E-state index contributed by atoms with van der Waals surface area (Å²) in [5, 5.41) is 30.0. The Morgan fingerprint density at radius 3 is 2.28 bits per heavy atom. The maximum Gasteiger partial charge on any atom is 0.416 e. The van der Waals surface area contributed by atoms with E-state index < -0.39 is 40.8 Å². The van der Waals surface area contributed by atoms with Gasteiger partial charge >= 0.3 is 12.1 Å². The first-order valence-corrected chi connectivity index (χ1v) is 13.2. The zero-order valence-corrected chi connectivity index (χ0v) is 21.4. The highest BCUT2D eigenvalue weighted by Crippen LogP contribution is 2.46. The number of rotatable bonds is 6. The number of aliphatic hydroxyl groups is 1. The maximum absolute atomic E-state index is 13.3. The van der Waals surface area contributed by atoms with E-state index in [4.69, 9.17) is 0 Å². The Hall–Kier alpha value is -4.16. The smallest absolute Gasteiger partial charge is 0.416 e. The number of aliphatic hydroxyl groups excluding tert-OH is 1. The Morgan fingerprint density at radius 1 is 0.949 bits per heavy atom. The van der Waals surface area contributed by atoms with E-state index in [-0.39, 0.29) is 22.0 Å². The molecule has 12 heteroatoms. The topological polar surface area (TPSA) is 104 Å². The first-order chi connectivity index (χ1) is 18.6. The van der Waals surface area contributed by atoms with E-state index in [9.17, 15) is 33.0 Å². The third-order valence-corrected chi connectivity index (χ3v) is 8.10. The number of benzene rings is 3. The van der Waals surface area contributed by atoms with Gasteiger partial charge in [0.05, 0.1) is 11.1 Å². The Bertz CT molecular complexity index is 1570. The van der Waals surface area contributed by atoms with Gasteiger partial charge in [-0.15, -0.1) is 10.2 Å². The molecule has 7 nitrogen and oxygen atoms in total. The van der Waals surface area contributed by atoms with Crippen molar-refractivity contribution in [1.82, 2.24) is 10.2 Å². The molecule has 3 aromatic carbocycles. The van der Waals surface area contributed by atoms with Gasteiger partial charge in [0.1, 0.15) is 17.6 Å². The average molecular weight is 570 g/mol. The van der Waals surface area contributed by atoms with Gasteiger partial charge in [0.25, 0.3) is 5.78 Å². The van der Waals surface area contributed by atoms with Crippen molar-refractivity contribution < 1.29 is 33.0 Å². The lowest BCUT2D eigenvalue weighted by Gasteiger charge is -2.23. The number of thioether (sulfide) groups is 1. The van der Waals surface area contributed by atoms with Gasteiger partial charge in [-0.05, 0) is 23.8 Å². The van der Waals surface area contributed by atoms with Crippen molar-refractivity contribution in [3.8, 4) is 5.75 Å². The summed E-state index contributed by atoms with van der Waals surface area (Å²) in [5.74, 6) is -2.44. The van der Waals surface area contributed by atoms with Gasteiger partial charge in [0.15, 0.2) is 4.34 Å². The number of aromatic nitrogens is 2. The number of nitrogens with zero attached hydrogens (tertiary/aromatic N) is 3. The molecule has 1 aromatic heterocycles. The number of phenols is 1. The number of halogens is 3. The first kappa shape index (κ1) is 26.4. The normalized spacial score (nSPS) is 17.1. The number of hydrogen-bond donors (Lipinski definition) is 2. The third-order valence-electron chi connectivity index (χ3n) is 5.97. The van der Waals surface area contributed by atoms with E-state index in [0.29, 0.717) is 10.1 Å². The summed E-state index contributed by atoms with van der Waals surface area (Å²) in [6.45, 7) is 0. The summed E-state index contributed by atoms with van der Waals surface area (Å²) >= 11 is 2.44. The highest BCUT2D eigenvalue weighted by molar-refractivity contribution is 8.00. The van der Waals surface area contributed by atoms with E-state index >= 15 is 0 Å². The molecule has 1 atom stereocenters. The fourth-order valence-corrected chi connectivity index (χ4v) is 5.92. The van der Waals surface area contributed by atoms with Crippen molar-refractivity contribution in [1.29, 1.82) is 0 Å². The molecule has 2 heterocycles. The molecule has 0 saturated carbocycles. The fraction of sp³-hybridized carbons (Fsp3) is 0.111. The lowest BCUT2D eigenvalue weighted by atomic mass is 9.94. The van der Waals surface area contributed by atoms with Gasteiger partial charge in [0, 0.05) is 16.9 Å². The molecule has 1 saturated heterocycles. The van der Waals surface area contributed by atoms with Gasteiger partial charge in [-0.1, -0.05) is 83.8 Å². The molecule has 1 amide bonds. The minimum Gasteiger partial charge on any atom is -0.508 e. The van der Waals surface area contributed by atoms with Gasteiger partial charge in [0.2, 0.25) is 5.13 Å². The molecule has 0 bridgehead atoms. The Balaban J connectivity index is 1.56. The number of aromatic hydroxyl groups is 1. The van der Waals surface area contributed by atoms with Crippen LogP contribution in [0, 0.1) is 0 Å². The number of carbonyl (C=O) groups excluding carboxylic acids is 2. The standard InChI is InChI=1S/C27H18F3N3O4S2/c28-27(29,30)17-12-10-16(11-13-17)22(35)20-21(18-8-4-5-9-19(18)34)33(24(37)23(20)36)25-31-32-26(39-25)38-14-15-6-2-1-3-7-15/h1-13,21,34-35H,14H2/b22-20+. The number of Topliss-reactive ketones (excluding diaryl/α,β-unsaturated/α-hetero) is 1. The average Bonchev–Trinajstić information content (AvgIpc) is 3.49. The van der Waals surface area contributed by atoms with Crippen LogP contribution in [0.2, 0.25) is 0 Å². The van der Waals surface area contributed by atoms with Crippen molar-refractivity contribution in [3.63, 3.8) is 0 Å². The Morgan fingerprint density at radius 2 is 1.62 bits per heavy atom. The van der Waals surface area contributed by atoms with Crippen molar-refractivity contribution >= 4 is 45.7 Å². The van der Waals surface area contributed by atoms with E-state index in [1.165, 1.54) is 23.9 Å². The summed E-state index contributed by atoms with van der Waals surface area (Å²) in [5.41, 5.74) is -0.261. The zero-order valence-electron chi connectivity index (χ0n) is 19.8. The van der Waals surface area contributed by atoms with Crippen LogP contribution in [0.1, 0.15) is 28.3 Å². The lowest BCUT2D eigenvalue weighted by molar-refractivity contribution is -0.137. The van der Waals surface area contributed by atoms with Gasteiger partial charge in [-0.25, -0.2) is 0 Å². The van der Waals surface area contributed by atoms with Crippen LogP contribution in [0.5, 0.6) is 5.75 Å². The Kier molecular flexibility index (Phi) is 7.15. The van der Waals surface area contributed by atoms with Crippen LogP contribution >= 0.6 is 23.1 Å². The van der Waals surface area contributed by atoms with Crippen molar-refractivity contribution in [2.45, 2.75) is 22.3 Å². The molecule has 1 aliphatic rings. The van der Waals surface area contributed by atoms with Crippen molar-refractivity contribution in [2.24, 2.45) is 0 Å². The summed E-state index contributed by atoms with van der Waals surface area (Å²) in [4.78, 5) is 27.5. The van der Waals surface area contributed by atoms with E-state index in [2.05, 4.69) is 10.2 Å².